The molecule has 36 heavy (non-hydrogen) atoms. The van der Waals surface area contributed by atoms with Gasteiger partial charge >= 0.3 is 6.18 Å². The highest BCUT2D eigenvalue weighted by Gasteiger charge is 2.31. The Morgan fingerprint density at radius 2 is 1.81 bits per heavy atom. The number of para-hydroxylation sites is 1. The molecule has 0 saturated carbocycles. The van der Waals surface area contributed by atoms with Crippen LogP contribution in [-0.2, 0) is 13.2 Å². The van der Waals surface area contributed by atoms with Crippen molar-refractivity contribution in [2.45, 2.75) is 20.0 Å². The van der Waals surface area contributed by atoms with Gasteiger partial charge in [-0.25, -0.2) is 9.97 Å². The molecule has 0 aliphatic rings. The molecule has 0 unspecified atom stereocenters. The van der Waals surface area contributed by atoms with E-state index in [0.717, 1.165) is 29.0 Å². The third-order valence-electron chi connectivity index (χ3n) is 6.00. The van der Waals surface area contributed by atoms with Crippen molar-refractivity contribution in [2.24, 2.45) is 7.05 Å². The number of hydrogen-bond donors (Lipinski definition) is 1. The Hall–Kier alpha value is -4.34. The molecular weight excluding hydrogens is 469 g/mol. The van der Waals surface area contributed by atoms with Crippen molar-refractivity contribution in [3.05, 3.63) is 77.9 Å². The molecule has 5 aromatic rings. The smallest absolute Gasteiger partial charge is 0.416 e. The molecule has 3 heterocycles. The molecular formula is C26H23F3N6O. The lowest BCUT2D eigenvalue weighted by molar-refractivity contribution is -0.137. The summed E-state index contributed by atoms with van der Waals surface area (Å²) in [7, 11) is 3.33. The first-order chi connectivity index (χ1) is 17.2. The predicted molar refractivity (Wildman–Crippen MR) is 132 cm³/mol. The van der Waals surface area contributed by atoms with E-state index in [1.165, 1.54) is 6.07 Å². The lowest BCUT2D eigenvalue weighted by Crippen LogP contribution is -2.06. The summed E-state index contributed by atoms with van der Waals surface area (Å²) in [6, 6.07) is 13.0. The van der Waals surface area contributed by atoms with E-state index in [1.54, 1.807) is 32.0 Å². The number of pyridine rings is 1. The number of ether oxygens (including phenoxy) is 1. The van der Waals surface area contributed by atoms with Gasteiger partial charge in [0.15, 0.2) is 0 Å². The van der Waals surface area contributed by atoms with Crippen LogP contribution in [0.1, 0.15) is 16.8 Å². The van der Waals surface area contributed by atoms with E-state index in [9.17, 15) is 13.2 Å². The van der Waals surface area contributed by atoms with Crippen LogP contribution in [0.2, 0.25) is 0 Å². The maximum Gasteiger partial charge on any atom is 0.416 e. The third kappa shape index (κ3) is 4.15. The summed E-state index contributed by atoms with van der Waals surface area (Å²) in [5.41, 5.74) is 4.07. The van der Waals surface area contributed by atoms with Gasteiger partial charge in [-0.05, 0) is 55.8 Å². The number of nitrogens with zero attached hydrogens (tertiary/aromatic N) is 5. The predicted octanol–water partition coefficient (Wildman–Crippen LogP) is 6.21. The van der Waals surface area contributed by atoms with Crippen molar-refractivity contribution in [3.8, 4) is 23.0 Å². The van der Waals surface area contributed by atoms with Crippen molar-refractivity contribution < 1.29 is 17.9 Å². The molecule has 0 amide bonds. The van der Waals surface area contributed by atoms with Gasteiger partial charge in [-0.3, -0.25) is 0 Å². The lowest BCUT2D eigenvalue weighted by atomic mass is 10.0. The quantitative estimate of drug-likeness (QED) is 0.316. The van der Waals surface area contributed by atoms with E-state index < -0.39 is 11.7 Å². The van der Waals surface area contributed by atoms with Crippen molar-refractivity contribution in [1.82, 2.24) is 24.1 Å². The molecule has 0 fully saturated rings. The summed E-state index contributed by atoms with van der Waals surface area (Å²) in [5, 5.41) is 3.28. The summed E-state index contributed by atoms with van der Waals surface area (Å²) in [6.07, 6.45) is -0.876. The molecule has 5 rings (SSSR count). The zero-order chi connectivity index (χ0) is 25.6. The lowest BCUT2D eigenvalue weighted by Gasteiger charge is -2.12. The Balaban J connectivity index is 1.55. The second kappa shape index (κ2) is 8.71. The van der Waals surface area contributed by atoms with E-state index in [-0.39, 0.29) is 0 Å². The van der Waals surface area contributed by atoms with E-state index in [4.69, 9.17) is 9.72 Å². The summed E-state index contributed by atoms with van der Waals surface area (Å²) in [4.78, 5) is 13.6. The molecule has 1 N–H and O–H groups in total. The number of fused-ring (bicyclic) bond motifs is 1. The van der Waals surface area contributed by atoms with Crippen molar-refractivity contribution in [3.63, 3.8) is 0 Å². The molecule has 3 aromatic heterocycles. The Kier molecular flexibility index (Phi) is 5.66. The van der Waals surface area contributed by atoms with Gasteiger partial charge in [-0.15, -0.1) is 0 Å². The first-order valence-corrected chi connectivity index (χ1v) is 11.1. The second-order valence-corrected chi connectivity index (χ2v) is 8.47. The molecule has 0 aliphatic carbocycles. The average Bonchev–Trinajstić information content (AvgIpc) is 3.42. The second-order valence-electron chi connectivity index (χ2n) is 8.47. The molecule has 0 radical (unpaired) electrons. The normalized spacial score (nSPS) is 11.8. The van der Waals surface area contributed by atoms with Crippen molar-refractivity contribution >= 4 is 22.5 Å². The molecule has 0 spiro atoms. The van der Waals surface area contributed by atoms with Crippen LogP contribution in [0.4, 0.5) is 24.7 Å². The van der Waals surface area contributed by atoms with Crippen LogP contribution >= 0.6 is 0 Å². The van der Waals surface area contributed by atoms with Crippen LogP contribution in [0.15, 0.2) is 61.1 Å². The molecule has 2 aromatic carbocycles. The third-order valence-corrected chi connectivity index (χ3v) is 6.00. The van der Waals surface area contributed by atoms with Gasteiger partial charge in [0.2, 0.25) is 5.88 Å². The maximum atomic E-state index is 13.4. The number of methoxy groups -OCH3 is 1. The van der Waals surface area contributed by atoms with E-state index >= 15 is 0 Å². The maximum absolute atomic E-state index is 13.4. The Labute approximate surface area is 205 Å². The fourth-order valence-corrected chi connectivity index (χ4v) is 4.14. The van der Waals surface area contributed by atoms with Gasteiger partial charge in [0, 0.05) is 18.8 Å². The number of hydrogen-bond acceptors (Lipinski definition) is 5. The minimum atomic E-state index is -4.44. The molecule has 10 heteroatoms. The standard InChI is InChI=1S/C26H23F3N6O/c1-15-8-9-17(26(27,28)29)12-18(15)24-33-23-19(6-5-7-20(23)34(24)3)31-22-11-10-21(25(32-22)36-4)35-13-16(2)30-14-35/h5-14H,1-4H3,(H,31,32). The number of aromatic nitrogens is 5. The number of imidazole rings is 2. The molecule has 0 bridgehead atoms. The minimum Gasteiger partial charge on any atom is -0.479 e. The average molecular weight is 493 g/mol. The zero-order valence-corrected chi connectivity index (χ0v) is 20.1. The van der Waals surface area contributed by atoms with Crippen LogP contribution in [0.3, 0.4) is 0 Å². The number of benzene rings is 2. The number of alkyl halides is 3. The highest BCUT2D eigenvalue weighted by Crippen LogP contribution is 2.36. The monoisotopic (exact) mass is 492 g/mol. The summed E-state index contributed by atoms with van der Waals surface area (Å²) in [5.74, 6) is 1.38. The first-order valence-electron chi connectivity index (χ1n) is 11.1. The van der Waals surface area contributed by atoms with Crippen LogP contribution in [-0.4, -0.2) is 31.2 Å². The van der Waals surface area contributed by atoms with Gasteiger partial charge in [0.05, 0.1) is 35.9 Å². The highest BCUT2D eigenvalue weighted by molar-refractivity contribution is 5.93. The van der Waals surface area contributed by atoms with Crippen molar-refractivity contribution in [2.75, 3.05) is 12.4 Å². The summed E-state index contributed by atoms with van der Waals surface area (Å²) in [6.45, 7) is 3.67. The zero-order valence-electron chi connectivity index (χ0n) is 20.1. The Morgan fingerprint density at radius 1 is 1.00 bits per heavy atom. The van der Waals surface area contributed by atoms with E-state index in [2.05, 4.69) is 15.3 Å². The molecule has 0 aliphatic heterocycles. The van der Waals surface area contributed by atoms with Gasteiger partial charge in [-0.2, -0.15) is 18.2 Å². The highest BCUT2D eigenvalue weighted by atomic mass is 19.4. The number of anilines is 2. The van der Waals surface area contributed by atoms with E-state index in [0.29, 0.717) is 39.9 Å². The van der Waals surface area contributed by atoms with Crippen LogP contribution in [0.25, 0.3) is 28.1 Å². The molecule has 184 valence electrons. The largest absolute Gasteiger partial charge is 0.479 e. The topological polar surface area (TPSA) is 69.8 Å². The van der Waals surface area contributed by atoms with Crippen LogP contribution in [0.5, 0.6) is 5.88 Å². The number of rotatable bonds is 5. The fourth-order valence-electron chi connectivity index (χ4n) is 4.14. The Morgan fingerprint density at radius 3 is 2.50 bits per heavy atom. The first kappa shape index (κ1) is 23.4. The molecule has 0 atom stereocenters. The summed E-state index contributed by atoms with van der Waals surface area (Å²) >= 11 is 0. The SMILES string of the molecule is COc1nc(Nc2cccc3c2nc(-c2cc(C(F)(F)F)ccc2C)n3C)ccc1-n1cnc(C)c1. The van der Waals surface area contributed by atoms with Crippen LogP contribution in [0, 0.1) is 13.8 Å². The van der Waals surface area contributed by atoms with E-state index in [1.807, 2.05) is 48.0 Å². The fraction of sp³-hybridized carbons (Fsp3) is 0.192. The van der Waals surface area contributed by atoms with Gasteiger partial charge in [-0.1, -0.05) is 12.1 Å². The number of halogens is 3. The van der Waals surface area contributed by atoms with Crippen molar-refractivity contribution in [1.29, 1.82) is 0 Å². The Bertz CT molecular complexity index is 1580. The molecule has 7 nitrogen and oxygen atoms in total. The van der Waals surface area contributed by atoms with Gasteiger partial charge in [0.1, 0.15) is 22.8 Å². The van der Waals surface area contributed by atoms with Gasteiger partial charge in [0.25, 0.3) is 0 Å². The number of aryl methyl sites for hydroxylation is 3. The number of nitrogens with one attached hydrogen (secondary N) is 1. The van der Waals surface area contributed by atoms with Gasteiger partial charge < -0.3 is 19.2 Å². The minimum absolute atomic E-state index is 0.408. The molecule has 0 saturated heterocycles. The van der Waals surface area contributed by atoms with Crippen LogP contribution < -0.4 is 10.1 Å². The summed E-state index contributed by atoms with van der Waals surface area (Å²) < 4.78 is 49.2.